The fourth-order valence-corrected chi connectivity index (χ4v) is 1.80. The summed E-state index contributed by atoms with van der Waals surface area (Å²) in [5.74, 6) is 0. The summed E-state index contributed by atoms with van der Waals surface area (Å²) in [7, 11) is 0. The number of aromatic nitrogens is 1. The minimum atomic E-state index is -1.44. The Morgan fingerprint density at radius 2 is 2.24 bits per heavy atom. The van der Waals surface area contributed by atoms with Gasteiger partial charge in [-0.3, -0.25) is 9.78 Å². The number of anilines is 1. The van der Waals surface area contributed by atoms with Crippen LogP contribution in [0.4, 0.5) is 10.1 Å². The number of nitrogens with zero attached hydrogens (tertiary/aromatic N) is 1. The average molecular weight is 297 g/mol. The highest BCUT2D eigenvalue weighted by Crippen LogP contribution is 2.22. The van der Waals surface area contributed by atoms with Crippen molar-refractivity contribution in [1.29, 1.82) is 0 Å². The molecule has 0 bridgehead atoms. The first-order chi connectivity index (χ1) is 8.22. The largest absolute Gasteiger partial charge is 0.384 e. The quantitative estimate of drug-likeness (QED) is 0.696. The van der Waals surface area contributed by atoms with Crippen LogP contribution in [0.15, 0.2) is 30.5 Å². The molecule has 1 aromatic carbocycles. The van der Waals surface area contributed by atoms with Crippen LogP contribution in [0.3, 0.4) is 0 Å². The van der Waals surface area contributed by atoms with E-state index in [0.29, 0.717) is 5.52 Å². The Morgan fingerprint density at radius 3 is 2.94 bits per heavy atom. The first kappa shape index (κ1) is 12.0. The molecule has 0 spiro atoms. The summed E-state index contributed by atoms with van der Waals surface area (Å²) < 4.78 is 12.6. The number of benzene rings is 1. The normalized spacial score (nSPS) is 10.5. The van der Waals surface area contributed by atoms with Gasteiger partial charge in [-0.1, -0.05) is 15.9 Å². The van der Waals surface area contributed by atoms with E-state index in [2.05, 4.69) is 26.2 Å². The van der Waals surface area contributed by atoms with Gasteiger partial charge in [0.05, 0.1) is 11.1 Å². The number of halogens is 2. The lowest BCUT2D eigenvalue weighted by molar-refractivity contribution is 0.0836. The second kappa shape index (κ2) is 5.23. The molecule has 1 aromatic heterocycles. The van der Waals surface area contributed by atoms with Gasteiger partial charge < -0.3 is 5.32 Å². The van der Waals surface area contributed by atoms with E-state index in [4.69, 9.17) is 0 Å². The molecule has 0 saturated carbocycles. The first-order valence-corrected chi connectivity index (χ1v) is 6.23. The first-order valence-electron chi connectivity index (χ1n) is 5.11. The van der Waals surface area contributed by atoms with Crippen LogP contribution in [-0.2, 0) is 0 Å². The van der Waals surface area contributed by atoms with Crippen molar-refractivity contribution in [1.82, 2.24) is 4.98 Å². The summed E-state index contributed by atoms with van der Waals surface area (Å²) in [5, 5.41) is 4.93. The molecule has 0 aliphatic heterocycles. The Hall–Kier alpha value is -1.49. The van der Waals surface area contributed by atoms with Crippen molar-refractivity contribution < 1.29 is 9.18 Å². The fourth-order valence-electron chi connectivity index (χ4n) is 1.61. The summed E-state index contributed by atoms with van der Waals surface area (Å²) in [6, 6.07) is 5.03. The molecule has 17 heavy (non-hydrogen) atoms. The third kappa shape index (κ3) is 2.61. The van der Waals surface area contributed by atoms with Gasteiger partial charge in [0.15, 0.2) is 0 Å². The number of hydrogen-bond acceptors (Lipinski definition) is 3. The van der Waals surface area contributed by atoms with E-state index in [9.17, 15) is 9.18 Å². The molecule has 0 radical (unpaired) electrons. The highest BCUT2D eigenvalue weighted by atomic mass is 79.9. The van der Waals surface area contributed by atoms with Crippen molar-refractivity contribution in [3.8, 4) is 0 Å². The Balaban J connectivity index is 2.47. The fraction of sp³-hybridized carbons (Fsp3) is 0.167. The SMILES string of the molecule is O=C(F)c1ccc2c(NCCBr)ccnc2c1. The molecule has 2 aromatic rings. The van der Waals surface area contributed by atoms with Crippen LogP contribution >= 0.6 is 15.9 Å². The molecular formula is C12H10BrFN2O. The summed E-state index contributed by atoms with van der Waals surface area (Å²) >= 11 is 3.33. The topological polar surface area (TPSA) is 42.0 Å². The van der Waals surface area contributed by atoms with Crippen LogP contribution in [0.1, 0.15) is 10.4 Å². The van der Waals surface area contributed by atoms with Gasteiger partial charge in [0.25, 0.3) is 0 Å². The molecule has 88 valence electrons. The Kier molecular flexibility index (Phi) is 3.68. The van der Waals surface area contributed by atoms with Crippen LogP contribution in [0.5, 0.6) is 0 Å². The smallest absolute Gasteiger partial charge is 0.332 e. The van der Waals surface area contributed by atoms with Crippen molar-refractivity contribution >= 4 is 38.6 Å². The molecule has 0 atom stereocenters. The van der Waals surface area contributed by atoms with Crippen molar-refractivity contribution in [3.63, 3.8) is 0 Å². The second-order valence-electron chi connectivity index (χ2n) is 3.48. The molecule has 3 nitrogen and oxygen atoms in total. The maximum Gasteiger partial charge on any atom is 0.332 e. The number of pyridine rings is 1. The average Bonchev–Trinajstić information content (AvgIpc) is 2.35. The zero-order valence-electron chi connectivity index (χ0n) is 8.91. The summed E-state index contributed by atoms with van der Waals surface area (Å²) in [5.41, 5.74) is 1.56. The Morgan fingerprint density at radius 1 is 1.41 bits per heavy atom. The second-order valence-corrected chi connectivity index (χ2v) is 4.27. The van der Waals surface area contributed by atoms with E-state index in [1.807, 2.05) is 6.07 Å². The number of nitrogens with one attached hydrogen (secondary N) is 1. The van der Waals surface area contributed by atoms with Crippen molar-refractivity contribution in [3.05, 3.63) is 36.0 Å². The zero-order valence-corrected chi connectivity index (χ0v) is 10.5. The standard InChI is InChI=1S/C12H10BrFN2O/c13-4-6-16-10-3-5-15-11-7-8(12(14)17)1-2-9(10)11/h1-3,5,7H,4,6H2,(H,15,16). The van der Waals surface area contributed by atoms with E-state index in [1.54, 1.807) is 12.3 Å². The van der Waals surface area contributed by atoms with Gasteiger partial charge in [-0.2, -0.15) is 4.39 Å². The molecule has 0 saturated heterocycles. The van der Waals surface area contributed by atoms with Crippen LogP contribution in [0.2, 0.25) is 0 Å². The Bertz CT molecular complexity index is 559. The van der Waals surface area contributed by atoms with E-state index < -0.39 is 6.04 Å². The van der Waals surface area contributed by atoms with Gasteiger partial charge in [0, 0.05) is 29.1 Å². The number of fused-ring (bicyclic) bond motifs is 1. The maximum absolute atomic E-state index is 12.6. The van der Waals surface area contributed by atoms with Gasteiger partial charge in [-0.05, 0) is 24.3 Å². The monoisotopic (exact) mass is 296 g/mol. The summed E-state index contributed by atoms with van der Waals surface area (Å²) in [6.45, 7) is 0.781. The third-order valence-electron chi connectivity index (χ3n) is 2.38. The van der Waals surface area contributed by atoms with Gasteiger partial charge >= 0.3 is 6.04 Å². The van der Waals surface area contributed by atoms with Gasteiger partial charge in [-0.15, -0.1) is 0 Å². The van der Waals surface area contributed by atoms with Crippen LogP contribution < -0.4 is 5.32 Å². The Labute approximate surface area is 106 Å². The van der Waals surface area contributed by atoms with Crippen molar-refractivity contribution in [2.75, 3.05) is 17.2 Å². The molecular weight excluding hydrogens is 287 g/mol. The van der Waals surface area contributed by atoms with Crippen molar-refractivity contribution in [2.45, 2.75) is 0 Å². The highest BCUT2D eigenvalue weighted by molar-refractivity contribution is 9.09. The lowest BCUT2D eigenvalue weighted by Crippen LogP contribution is -2.03. The minimum absolute atomic E-state index is 0.0302. The maximum atomic E-state index is 12.6. The highest BCUT2D eigenvalue weighted by Gasteiger charge is 2.07. The van der Waals surface area contributed by atoms with Crippen LogP contribution in [0, 0.1) is 0 Å². The third-order valence-corrected chi connectivity index (χ3v) is 2.78. The molecule has 1 heterocycles. The van der Waals surface area contributed by atoms with Gasteiger partial charge in [0.1, 0.15) is 0 Å². The van der Waals surface area contributed by atoms with Crippen LogP contribution in [-0.4, -0.2) is 22.9 Å². The summed E-state index contributed by atoms with van der Waals surface area (Å²) in [4.78, 5) is 14.8. The minimum Gasteiger partial charge on any atom is -0.384 e. The lowest BCUT2D eigenvalue weighted by Gasteiger charge is -2.08. The number of carbonyl (C=O) groups excluding carboxylic acids is 1. The predicted molar refractivity (Wildman–Crippen MR) is 69.5 cm³/mol. The van der Waals surface area contributed by atoms with E-state index in [0.717, 1.165) is 22.9 Å². The lowest BCUT2D eigenvalue weighted by atomic mass is 10.1. The zero-order chi connectivity index (χ0) is 12.3. The van der Waals surface area contributed by atoms with E-state index >= 15 is 0 Å². The predicted octanol–water partition coefficient (Wildman–Crippen LogP) is 3.15. The molecule has 0 aliphatic carbocycles. The van der Waals surface area contributed by atoms with Gasteiger partial charge in [-0.25, -0.2) is 0 Å². The summed E-state index contributed by atoms with van der Waals surface area (Å²) in [6.07, 6.45) is 1.63. The van der Waals surface area contributed by atoms with Crippen LogP contribution in [0.25, 0.3) is 10.9 Å². The van der Waals surface area contributed by atoms with Crippen molar-refractivity contribution in [2.24, 2.45) is 0 Å². The van der Waals surface area contributed by atoms with Gasteiger partial charge in [0.2, 0.25) is 0 Å². The molecule has 1 N–H and O–H groups in total. The molecule has 0 unspecified atom stereocenters. The molecule has 5 heteroatoms. The number of rotatable bonds is 4. The number of carbonyl (C=O) groups is 1. The van der Waals surface area contributed by atoms with E-state index in [1.165, 1.54) is 12.1 Å². The number of hydrogen-bond donors (Lipinski definition) is 1. The molecule has 2 rings (SSSR count). The molecule has 0 amide bonds. The number of alkyl halides is 1. The molecule has 0 fully saturated rings. The molecule has 0 aliphatic rings. The van der Waals surface area contributed by atoms with E-state index in [-0.39, 0.29) is 5.56 Å².